The van der Waals surface area contributed by atoms with Crippen LogP contribution in [0.2, 0.25) is 0 Å². The van der Waals surface area contributed by atoms with Gasteiger partial charge in [-0.2, -0.15) is 13.9 Å². The Labute approximate surface area is 171 Å². The van der Waals surface area contributed by atoms with Crippen LogP contribution in [0.1, 0.15) is 37.0 Å². The second-order valence-corrected chi connectivity index (χ2v) is 8.72. The van der Waals surface area contributed by atoms with Gasteiger partial charge in [0.2, 0.25) is 5.82 Å². The molecule has 1 aliphatic heterocycles. The lowest BCUT2D eigenvalue weighted by Gasteiger charge is -2.29. The van der Waals surface area contributed by atoms with Gasteiger partial charge in [-0.1, -0.05) is 11.3 Å². The van der Waals surface area contributed by atoms with Gasteiger partial charge in [0.15, 0.2) is 17.9 Å². The van der Waals surface area contributed by atoms with Crippen molar-refractivity contribution in [2.24, 2.45) is 0 Å². The van der Waals surface area contributed by atoms with Gasteiger partial charge in [-0.25, -0.2) is 4.79 Å². The summed E-state index contributed by atoms with van der Waals surface area (Å²) < 4.78 is 19.3. The number of aromatic nitrogens is 2. The van der Waals surface area contributed by atoms with Crippen molar-refractivity contribution in [3.63, 3.8) is 0 Å². The SMILES string of the molecule is CCOC(=O)C[n+]1c(=O)n(Cc2ccco2)c(N)c2c3c(sc21)COC(C)(C)C3. The molecule has 0 amide bonds. The highest BCUT2D eigenvalue weighted by atomic mass is 32.1. The molecule has 0 spiro atoms. The smallest absolute Gasteiger partial charge is 0.465 e. The molecule has 3 aromatic rings. The predicted molar refractivity (Wildman–Crippen MR) is 108 cm³/mol. The summed E-state index contributed by atoms with van der Waals surface area (Å²) in [5.41, 5.74) is 6.87. The van der Waals surface area contributed by atoms with Crippen molar-refractivity contribution in [3.05, 3.63) is 45.1 Å². The molecule has 0 aromatic carbocycles. The van der Waals surface area contributed by atoms with Crippen molar-refractivity contribution in [1.29, 1.82) is 0 Å². The van der Waals surface area contributed by atoms with E-state index in [-0.39, 0.29) is 31.0 Å². The van der Waals surface area contributed by atoms with Crippen LogP contribution >= 0.6 is 11.3 Å². The maximum atomic E-state index is 13.3. The van der Waals surface area contributed by atoms with Crippen LogP contribution in [-0.2, 0) is 40.4 Å². The van der Waals surface area contributed by atoms with E-state index < -0.39 is 5.97 Å². The summed E-state index contributed by atoms with van der Waals surface area (Å²) >= 11 is 1.45. The van der Waals surface area contributed by atoms with E-state index in [4.69, 9.17) is 19.6 Å². The topological polar surface area (TPSA) is 101 Å². The fourth-order valence-corrected chi connectivity index (χ4v) is 4.88. The van der Waals surface area contributed by atoms with Crippen molar-refractivity contribution in [2.45, 2.75) is 52.5 Å². The Morgan fingerprint density at radius 3 is 2.93 bits per heavy atom. The zero-order chi connectivity index (χ0) is 20.8. The summed E-state index contributed by atoms with van der Waals surface area (Å²) in [5, 5.41) is 0.803. The summed E-state index contributed by atoms with van der Waals surface area (Å²) in [5.74, 6) is 0.512. The number of anilines is 1. The van der Waals surface area contributed by atoms with Gasteiger partial charge in [-0.15, -0.1) is 0 Å². The molecule has 0 fully saturated rings. The van der Waals surface area contributed by atoms with Gasteiger partial charge in [0.1, 0.15) is 11.1 Å². The number of carbonyl (C=O) groups excluding carboxylic acids is 1. The minimum Gasteiger partial charge on any atom is -0.465 e. The Morgan fingerprint density at radius 1 is 1.45 bits per heavy atom. The molecule has 8 nitrogen and oxygen atoms in total. The molecule has 0 aliphatic carbocycles. The normalized spacial score (nSPS) is 15.4. The van der Waals surface area contributed by atoms with Crippen molar-refractivity contribution < 1.29 is 23.3 Å². The number of hydrogen-bond donors (Lipinski definition) is 1. The average Bonchev–Trinajstić information content (AvgIpc) is 3.29. The molecule has 0 unspecified atom stereocenters. The van der Waals surface area contributed by atoms with Crippen molar-refractivity contribution in [1.82, 2.24) is 4.57 Å². The van der Waals surface area contributed by atoms with E-state index in [0.717, 1.165) is 15.8 Å². The van der Waals surface area contributed by atoms with Crippen LogP contribution in [0.5, 0.6) is 0 Å². The lowest BCUT2D eigenvalue weighted by molar-refractivity contribution is -0.677. The van der Waals surface area contributed by atoms with Crippen LogP contribution in [0.3, 0.4) is 0 Å². The Morgan fingerprint density at radius 2 is 2.24 bits per heavy atom. The highest BCUT2D eigenvalue weighted by Gasteiger charge is 2.35. The monoisotopic (exact) mass is 418 g/mol. The quantitative estimate of drug-likeness (QED) is 0.502. The first-order valence-electron chi connectivity index (χ1n) is 9.49. The lowest BCUT2D eigenvalue weighted by Crippen LogP contribution is -2.57. The molecule has 154 valence electrons. The maximum Gasteiger partial charge on any atom is 0.501 e. The molecule has 0 saturated heterocycles. The summed E-state index contributed by atoms with van der Waals surface area (Å²) in [6, 6.07) is 3.54. The predicted octanol–water partition coefficient (Wildman–Crippen LogP) is 1.99. The van der Waals surface area contributed by atoms with E-state index in [2.05, 4.69) is 0 Å². The van der Waals surface area contributed by atoms with Gasteiger partial charge in [-0.3, -0.25) is 0 Å². The molecular weight excluding hydrogens is 394 g/mol. The molecule has 4 heterocycles. The highest BCUT2D eigenvalue weighted by Crippen LogP contribution is 2.39. The summed E-state index contributed by atoms with van der Waals surface area (Å²) in [6.07, 6.45) is 2.22. The number of fused-ring (bicyclic) bond motifs is 3. The van der Waals surface area contributed by atoms with Crippen LogP contribution in [0.4, 0.5) is 5.82 Å². The Balaban J connectivity index is 1.95. The van der Waals surface area contributed by atoms with E-state index in [0.29, 0.717) is 29.4 Å². The molecule has 1 aliphatic rings. The number of thiophene rings is 1. The molecule has 2 N–H and O–H groups in total. The van der Waals surface area contributed by atoms with Gasteiger partial charge in [0, 0.05) is 11.3 Å². The summed E-state index contributed by atoms with van der Waals surface area (Å²) in [7, 11) is 0. The van der Waals surface area contributed by atoms with Gasteiger partial charge < -0.3 is 19.6 Å². The number of ether oxygens (including phenoxy) is 2. The van der Waals surface area contributed by atoms with Gasteiger partial charge >= 0.3 is 11.7 Å². The first-order chi connectivity index (χ1) is 13.8. The van der Waals surface area contributed by atoms with Crippen LogP contribution in [-0.4, -0.2) is 22.7 Å². The molecule has 0 saturated carbocycles. The fourth-order valence-electron chi connectivity index (χ4n) is 3.65. The number of rotatable bonds is 5. The number of nitrogens with zero attached hydrogens (tertiary/aromatic N) is 2. The van der Waals surface area contributed by atoms with Crippen LogP contribution in [0.15, 0.2) is 27.6 Å². The first kappa shape index (κ1) is 19.7. The number of furan rings is 1. The van der Waals surface area contributed by atoms with Crippen LogP contribution in [0, 0.1) is 0 Å². The molecule has 9 heteroatoms. The molecular formula is C20H24N3O5S+. The van der Waals surface area contributed by atoms with Gasteiger partial charge in [0.25, 0.3) is 0 Å². The van der Waals surface area contributed by atoms with E-state index >= 15 is 0 Å². The molecule has 0 bridgehead atoms. The molecule has 4 rings (SSSR count). The zero-order valence-corrected chi connectivity index (χ0v) is 17.5. The number of nitrogen functional groups attached to an aromatic ring is 1. The molecule has 0 atom stereocenters. The Hall–Kier alpha value is -2.65. The zero-order valence-electron chi connectivity index (χ0n) is 16.7. The summed E-state index contributed by atoms with van der Waals surface area (Å²) in [6.45, 7) is 6.50. The van der Waals surface area contributed by atoms with Crippen LogP contribution < -0.4 is 16.0 Å². The summed E-state index contributed by atoms with van der Waals surface area (Å²) in [4.78, 5) is 27.2. The Bertz CT molecular complexity index is 1130. The largest absolute Gasteiger partial charge is 0.501 e. The van der Waals surface area contributed by atoms with E-state index in [9.17, 15) is 9.59 Å². The minimum absolute atomic E-state index is 0.175. The average molecular weight is 418 g/mol. The second-order valence-electron chi connectivity index (χ2n) is 7.63. The third kappa shape index (κ3) is 3.56. The third-order valence-corrected chi connectivity index (χ3v) is 6.24. The fraction of sp³-hybridized carbons (Fsp3) is 0.450. The lowest BCUT2D eigenvalue weighted by atomic mass is 9.94. The molecule has 0 radical (unpaired) electrons. The van der Waals surface area contributed by atoms with Gasteiger partial charge in [-0.05, 0) is 38.5 Å². The third-order valence-electron chi connectivity index (χ3n) is 5.01. The van der Waals surface area contributed by atoms with E-state index in [1.807, 2.05) is 13.8 Å². The van der Waals surface area contributed by atoms with Crippen molar-refractivity contribution in [2.75, 3.05) is 12.3 Å². The van der Waals surface area contributed by atoms with Crippen molar-refractivity contribution in [3.8, 4) is 0 Å². The Kier molecular flexibility index (Phi) is 4.95. The number of nitrogens with two attached hydrogens (primary N) is 1. The number of carbonyl (C=O) groups is 1. The van der Waals surface area contributed by atoms with Crippen LogP contribution in [0.25, 0.3) is 10.2 Å². The number of esters is 1. The molecule has 3 aromatic heterocycles. The number of hydrogen-bond acceptors (Lipinski definition) is 7. The first-order valence-corrected chi connectivity index (χ1v) is 10.3. The van der Waals surface area contributed by atoms with Gasteiger partial charge in [0.05, 0.1) is 25.1 Å². The molecule has 29 heavy (non-hydrogen) atoms. The van der Waals surface area contributed by atoms with E-state index in [1.54, 1.807) is 25.3 Å². The standard InChI is InChI=1S/C20H23N3O5S/c1-4-26-15(24)10-23-18-16(13-8-20(2,3)28-11-14(13)29-18)17(21)22(19(23)25)9-12-6-5-7-27-12/h5-7,21H,4,8-11H2,1-3H3/p+1. The highest BCUT2D eigenvalue weighted by molar-refractivity contribution is 7.18. The maximum absolute atomic E-state index is 13.3. The van der Waals surface area contributed by atoms with E-state index in [1.165, 1.54) is 20.5 Å². The minimum atomic E-state index is -0.465. The second kappa shape index (κ2) is 7.31. The van der Waals surface area contributed by atoms with Crippen molar-refractivity contribution >= 4 is 33.3 Å².